The molecule has 1 aromatic carbocycles. The first kappa shape index (κ1) is 12.8. The number of thioether (sulfide) groups is 1. The van der Waals surface area contributed by atoms with Gasteiger partial charge in [-0.2, -0.15) is 11.8 Å². The molecule has 0 spiro atoms. The highest BCUT2D eigenvalue weighted by Crippen LogP contribution is 2.21. The number of rotatable bonds is 4. The predicted molar refractivity (Wildman–Crippen MR) is 78.0 cm³/mol. The van der Waals surface area contributed by atoms with Crippen molar-refractivity contribution in [2.24, 2.45) is 0 Å². The molecule has 0 aliphatic carbocycles. The zero-order valence-corrected chi connectivity index (χ0v) is 11.3. The Morgan fingerprint density at radius 3 is 3.00 bits per heavy atom. The molecule has 2 aromatic rings. The van der Waals surface area contributed by atoms with Crippen LogP contribution >= 0.6 is 11.8 Å². The summed E-state index contributed by atoms with van der Waals surface area (Å²) in [7, 11) is 0. The average molecular weight is 263 g/mol. The third-order valence-electron chi connectivity index (χ3n) is 2.73. The Morgan fingerprint density at radius 1 is 1.56 bits per heavy atom. The van der Waals surface area contributed by atoms with E-state index >= 15 is 0 Å². The van der Waals surface area contributed by atoms with E-state index in [0.29, 0.717) is 11.4 Å². The molecule has 1 heterocycles. The van der Waals surface area contributed by atoms with E-state index in [9.17, 15) is 4.79 Å². The largest absolute Gasteiger partial charge is 0.397 e. The third kappa shape index (κ3) is 2.61. The van der Waals surface area contributed by atoms with Crippen LogP contribution in [-0.4, -0.2) is 28.9 Å². The third-order valence-corrected chi connectivity index (χ3v) is 3.56. The number of nitrogen functional groups attached to an aromatic ring is 1. The SMILES string of the molecule is CSCC(C)NC(=O)c1cc2cccc(N)c2[nH]1. The van der Waals surface area contributed by atoms with Crippen molar-refractivity contribution in [2.75, 3.05) is 17.7 Å². The number of H-pyrrole nitrogens is 1. The summed E-state index contributed by atoms with van der Waals surface area (Å²) >= 11 is 1.71. The van der Waals surface area contributed by atoms with E-state index in [4.69, 9.17) is 5.73 Å². The fourth-order valence-electron chi connectivity index (χ4n) is 1.90. The molecule has 5 heteroatoms. The molecule has 0 aliphatic heterocycles. The number of carbonyl (C=O) groups is 1. The van der Waals surface area contributed by atoms with Gasteiger partial charge >= 0.3 is 0 Å². The van der Waals surface area contributed by atoms with Gasteiger partial charge in [-0.3, -0.25) is 4.79 Å². The summed E-state index contributed by atoms with van der Waals surface area (Å²) in [6, 6.07) is 7.61. The highest BCUT2D eigenvalue weighted by atomic mass is 32.2. The van der Waals surface area contributed by atoms with Crippen LogP contribution in [0.1, 0.15) is 17.4 Å². The zero-order chi connectivity index (χ0) is 13.1. The van der Waals surface area contributed by atoms with E-state index in [-0.39, 0.29) is 11.9 Å². The highest BCUT2D eigenvalue weighted by molar-refractivity contribution is 7.98. The van der Waals surface area contributed by atoms with E-state index in [1.54, 1.807) is 11.8 Å². The number of carbonyl (C=O) groups excluding carboxylic acids is 1. The maximum atomic E-state index is 12.0. The molecule has 1 atom stereocenters. The maximum Gasteiger partial charge on any atom is 0.267 e. The summed E-state index contributed by atoms with van der Waals surface area (Å²) in [4.78, 5) is 15.1. The number of aromatic nitrogens is 1. The Labute approximate surface area is 110 Å². The van der Waals surface area contributed by atoms with Crippen molar-refractivity contribution in [2.45, 2.75) is 13.0 Å². The number of benzene rings is 1. The average Bonchev–Trinajstić information content (AvgIpc) is 2.74. The maximum absolute atomic E-state index is 12.0. The summed E-state index contributed by atoms with van der Waals surface area (Å²) in [5.74, 6) is 0.806. The summed E-state index contributed by atoms with van der Waals surface area (Å²) in [5, 5.41) is 3.90. The Bertz CT molecular complexity index is 564. The molecular formula is C13H17N3OS. The Hall–Kier alpha value is -1.62. The minimum absolute atomic E-state index is 0.0906. The number of anilines is 1. The van der Waals surface area contributed by atoms with Crippen molar-refractivity contribution in [3.05, 3.63) is 30.0 Å². The molecule has 1 amide bonds. The number of para-hydroxylation sites is 1. The van der Waals surface area contributed by atoms with E-state index < -0.39 is 0 Å². The lowest BCUT2D eigenvalue weighted by molar-refractivity contribution is 0.0939. The minimum atomic E-state index is -0.0906. The molecule has 0 saturated carbocycles. The van der Waals surface area contributed by atoms with Gasteiger partial charge in [0.1, 0.15) is 5.69 Å². The van der Waals surface area contributed by atoms with Crippen LogP contribution in [0, 0.1) is 0 Å². The molecule has 0 aliphatic rings. The van der Waals surface area contributed by atoms with Crippen LogP contribution in [-0.2, 0) is 0 Å². The molecule has 0 fully saturated rings. The van der Waals surface area contributed by atoms with Crippen LogP contribution < -0.4 is 11.1 Å². The van der Waals surface area contributed by atoms with Gasteiger partial charge in [-0.1, -0.05) is 12.1 Å². The van der Waals surface area contributed by atoms with E-state index in [0.717, 1.165) is 16.7 Å². The quantitative estimate of drug-likeness (QED) is 0.741. The molecule has 0 bridgehead atoms. The number of nitrogens with one attached hydrogen (secondary N) is 2. The van der Waals surface area contributed by atoms with Gasteiger partial charge in [-0.05, 0) is 25.3 Å². The number of fused-ring (bicyclic) bond motifs is 1. The monoisotopic (exact) mass is 263 g/mol. The molecule has 4 nitrogen and oxygen atoms in total. The van der Waals surface area contributed by atoms with Gasteiger partial charge in [-0.25, -0.2) is 0 Å². The van der Waals surface area contributed by atoms with Crippen molar-refractivity contribution in [3.8, 4) is 0 Å². The Balaban J connectivity index is 2.21. The molecule has 96 valence electrons. The fraction of sp³-hybridized carbons (Fsp3) is 0.308. The number of nitrogens with two attached hydrogens (primary N) is 1. The molecule has 4 N–H and O–H groups in total. The van der Waals surface area contributed by atoms with Crippen molar-refractivity contribution >= 4 is 34.3 Å². The standard InChI is InChI=1S/C13H17N3OS/c1-8(7-18-2)15-13(17)11-6-9-4-3-5-10(14)12(9)16-11/h3-6,8,16H,7,14H2,1-2H3,(H,15,17). The van der Waals surface area contributed by atoms with E-state index in [1.807, 2.05) is 37.4 Å². The van der Waals surface area contributed by atoms with E-state index in [2.05, 4.69) is 10.3 Å². The molecule has 0 saturated heterocycles. The second kappa shape index (κ2) is 5.35. The molecular weight excluding hydrogens is 246 g/mol. The summed E-state index contributed by atoms with van der Waals surface area (Å²) in [5.41, 5.74) is 7.88. The normalized spacial score (nSPS) is 12.6. The second-order valence-electron chi connectivity index (χ2n) is 4.32. The van der Waals surface area contributed by atoms with Crippen molar-refractivity contribution < 1.29 is 4.79 Å². The highest BCUT2D eigenvalue weighted by Gasteiger charge is 2.12. The molecule has 1 unspecified atom stereocenters. The number of hydrogen-bond acceptors (Lipinski definition) is 3. The molecule has 2 rings (SSSR count). The van der Waals surface area contributed by atoms with Gasteiger partial charge in [0.25, 0.3) is 5.91 Å². The molecule has 0 radical (unpaired) electrons. The Morgan fingerprint density at radius 2 is 2.33 bits per heavy atom. The first-order valence-electron chi connectivity index (χ1n) is 5.79. The number of aromatic amines is 1. The zero-order valence-electron chi connectivity index (χ0n) is 10.5. The van der Waals surface area contributed by atoms with Gasteiger partial charge in [0.05, 0.1) is 11.2 Å². The van der Waals surface area contributed by atoms with Crippen LogP contribution in [0.25, 0.3) is 10.9 Å². The fourth-order valence-corrected chi connectivity index (χ4v) is 2.48. The van der Waals surface area contributed by atoms with Gasteiger partial charge in [-0.15, -0.1) is 0 Å². The van der Waals surface area contributed by atoms with Crippen LogP contribution in [0.15, 0.2) is 24.3 Å². The lowest BCUT2D eigenvalue weighted by Crippen LogP contribution is -2.34. The van der Waals surface area contributed by atoms with Crippen molar-refractivity contribution in [1.29, 1.82) is 0 Å². The lowest BCUT2D eigenvalue weighted by atomic mass is 10.2. The Kier molecular flexibility index (Phi) is 3.81. The lowest BCUT2D eigenvalue weighted by Gasteiger charge is -2.11. The smallest absolute Gasteiger partial charge is 0.267 e. The van der Waals surface area contributed by atoms with E-state index in [1.165, 1.54) is 0 Å². The van der Waals surface area contributed by atoms with Gasteiger partial charge in [0, 0.05) is 17.2 Å². The second-order valence-corrected chi connectivity index (χ2v) is 5.24. The van der Waals surface area contributed by atoms with Gasteiger partial charge < -0.3 is 16.0 Å². The van der Waals surface area contributed by atoms with Crippen LogP contribution in [0.3, 0.4) is 0 Å². The summed E-state index contributed by atoms with van der Waals surface area (Å²) in [6.07, 6.45) is 2.02. The first-order chi connectivity index (χ1) is 8.61. The first-order valence-corrected chi connectivity index (χ1v) is 7.18. The van der Waals surface area contributed by atoms with Crippen LogP contribution in [0.2, 0.25) is 0 Å². The van der Waals surface area contributed by atoms with Crippen molar-refractivity contribution in [1.82, 2.24) is 10.3 Å². The van der Waals surface area contributed by atoms with Crippen LogP contribution in [0.5, 0.6) is 0 Å². The summed E-state index contributed by atoms with van der Waals surface area (Å²) in [6.45, 7) is 1.99. The van der Waals surface area contributed by atoms with Crippen LogP contribution in [0.4, 0.5) is 5.69 Å². The molecule has 1 aromatic heterocycles. The number of amides is 1. The molecule has 18 heavy (non-hydrogen) atoms. The summed E-state index contributed by atoms with van der Waals surface area (Å²) < 4.78 is 0. The topological polar surface area (TPSA) is 70.9 Å². The van der Waals surface area contributed by atoms with Gasteiger partial charge in [0.15, 0.2) is 0 Å². The van der Waals surface area contributed by atoms with Gasteiger partial charge in [0.2, 0.25) is 0 Å². The van der Waals surface area contributed by atoms with Crippen molar-refractivity contribution in [3.63, 3.8) is 0 Å². The number of hydrogen-bond donors (Lipinski definition) is 3. The minimum Gasteiger partial charge on any atom is -0.397 e. The predicted octanol–water partition coefficient (Wildman–Crippen LogP) is 2.23.